The van der Waals surface area contributed by atoms with Gasteiger partial charge in [-0.25, -0.2) is 10.4 Å². The largest absolute Gasteiger partial charge is 0.345 e. The molecule has 7 heteroatoms. The zero-order valence-electron chi connectivity index (χ0n) is 10.7. The second-order valence-electron chi connectivity index (χ2n) is 4.26. The van der Waals surface area contributed by atoms with Crippen LogP contribution in [0.5, 0.6) is 0 Å². The van der Waals surface area contributed by atoms with E-state index in [0.717, 1.165) is 23.5 Å². The van der Waals surface area contributed by atoms with Gasteiger partial charge in [0.05, 0.1) is 17.2 Å². The van der Waals surface area contributed by atoms with Gasteiger partial charge in [0.15, 0.2) is 0 Å². The number of rotatable bonds is 5. The molecule has 0 spiro atoms. The van der Waals surface area contributed by atoms with Crippen molar-refractivity contribution in [2.75, 3.05) is 0 Å². The highest BCUT2D eigenvalue weighted by Gasteiger charge is 2.18. The SMILES string of the molecule is CCCc1nc(CNC(=O)C2=NNC(=O)CC2)cs1. The number of carbonyl (C=O) groups is 2. The molecule has 2 amide bonds. The van der Waals surface area contributed by atoms with Gasteiger partial charge in [-0.3, -0.25) is 9.59 Å². The van der Waals surface area contributed by atoms with Crippen LogP contribution in [0, 0.1) is 0 Å². The number of aryl methyl sites for hydroxylation is 1. The van der Waals surface area contributed by atoms with Gasteiger partial charge in [-0.2, -0.15) is 5.10 Å². The van der Waals surface area contributed by atoms with Gasteiger partial charge in [-0.05, 0) is 12.8 Å². The minimum Gasteiger partial charge on any atom is -0.345 e. The minimum absolute atomic E-state index is 0.153. The van der Waals surface area contributed by atoms with E-state index < -0.39 is 0 Å². The van der Waals surface area contributed by atoms with Crippen molar-refractivity contribution < 1.29 is 9.59 Å². The van der Waals surface area contributed by atoms with Crippen LogP contribution < -0.4 is 10.7 Å². The lowest BCUT2D eigenvalue weighted by Crippen LogP contribution is -2.36. The Morgan fingerprint density at radius 2 is 2.37 bits per heavy atom. The molecule has 0 radical (unpaired) electrons. The van der Waals surface area contributed by atoms with E-state index in [-0.39, 0.29) is 11.8 Å². The maximum atomic E-state index is 11.8. The molecule has 1 aliphatic rings. The minimum atomic E-state index is -0.245. The summed E-state index contributed by atoms with van der Waals surface area (Å²) in [7, 11) is 0. The average Bonchev–Trinajstić information content (AvgIpc) is 2.85. The summed E-state index contributed by atoms with van der Waals surface area (Å²) in [5.74, 6) is -0.398. The fraction of sp³-hybridized carbons (Fsp3) is 0.500. The lowest BCUT2D eigenvalue weighted by molar-refractivity contribution is -0.121. The summed E-state index contributed by atoms with van der Waals surface area (Å²) in [5, 5.41) is 9.55. The maximum absolute atomic E-state index is 11.8. The topological polar surface area (TPSA) is 83.4 Å². The Kier molecular flexibility index (Phi) is 4.62. The zero-order chi connectivity index (χ0) is 13.7. The Morgan fingerprint density at radius 1 is 1.53 bits per heavy atom. The summed E-state index contributed by atoms with van der Waals surface area (Å²) in [6, 6.07) is 0. The number of hydrazone groups is 1. The Balaban J connectivity index is 1.84. The van der Waals surface area contributed by atoms with Gasteiger partial charge in [0.25, 0.3) is 5.91 Å². The normalized spacial score (nSPS) is 14.8. The molecule has 0 saturated heterocycles. The average molecular weight is 280 g/mol. The second kappa shape index (κ2) is 6.42. The monoisotopic (exact) mass is 280 g/mol. The van der Waals surface area contributed by atoms with Crippen LogP contribution >= 0.6 is 11.3 Å². The third-order valence-corrected chi connectivity index (χ3v) is 3.62. The van der Waals surface area contributed by atoms with Crippen LogP contribution in [0.1, 0.15) is 36.9 Å². The van der Waals surface area contributed by atoms with Crippen LogP contribution in [0.25, 0.3) is 0 Å². The molecule has 0 fully saturated rings. The van der Waals surface area contributed by atoms with Gasteiger partial charge in [0.2, 0.25) is 5.91 Å². The van der Waals surface area contributed by atoms with Gasteiger partial charge in [-0.1, -0.05) is 6.92 Å². The van der Waals surface area contributed by atoms with Gasteiger partial charge in [-0.15, -0.1) is 11.3 Å². The van der Waals surface area contributed by atoms with Crippen LogP contribution in [0.3, 0.4) is 0 Å². The number of carbonyl (C=O) groups excluding carboxylic acids is 2. The summed E-state index contributed by atoms with van der Waals surface area (Å²) in [4.78, 5) is 27.1. The van der Waals surface area contributed by atoms with Crippen molar-refractivity contribution in [2.45, 2.75) is 39.2 Å². The molecular formula is C12H16N4O2S. The van der Waals surface area contributed by atoms with Crippen molar-refractivity contribution in [3.05, 3.63) is 16.1 Å². The highest BCUT2D eigenvalue weighted by molar-refractivity contribution is 7.09. The van der Waals surface area contributed by atoms with Crippen molar-refractivity contribution in [3.8, 4) is 0 Å². The van der Waals surface area contributed by atoms with Crippen molar-refractivity contribution >= 4 is 28.9 Å². The molecule has 2 rings (SSSR count). The molecule has 1 aromatic heterocycles. The fourth-order valence-electron chi connectivity index (χ4n) is 1.67. The zero-order valence-corrected chi connectivity index (χ0v) is 11.5. The van der Waals surface area contributed by atoms with Crippen molar-refractivity contribution in [1.82, 2.24) is 15.7 Å². The fourth-order valence-corrected chi connectivity index (χ4v) is 2.57. The van der Waals surface area contributed by atoms with Crippen LogP contribution in [0.4, 0.5) is 0 Å². The van der Waals surface area contributed by atoms with E-state index >= 15 is 0 Å². The summed E-state index contributed by atoms with van der Waals surface area (Å²) in [5.41, 5.74) is 3.53. The molecule has 6 nitrogen and oxygen atoms in total. The number of nitrogens with one attached hydrogen (secondary N) is 2. The summed E-state index contributed by atoms with van der Waals surface area (Å²) >= 11 is 1.61. The van der Waals surface area contributed by atoms with Gasteiger partial charge in [0, 0.05) is 18.2 Å². The standard InChI is InChI=1S/C12H16N4O2S/c1-2-3-11-14-8(7-19-11)6-13-12(18)9-4-5-10(17)16-15-9/h7H,2-6H2,1H3,(H,13,18)(H,16,17). The Morgan fingerprint density at radius 3 is 3.05 bits per heavy atom. The first-order chi connectivity index (χ1) is 9.19. The van der Waals surface area contributed by atoms with E-state index in [1.807, 2.05) is 5.38 Å². The lowest BCUT2D eigenvalue weighted by atomic mass is 10.1. The first-order valence-corrected chi connectivity index (χ1v) is 7.14. The van der Waals surface area contributed by atoms with E-state index in [1.54, 1.807) is 11.3 Å². The van der Waals surface area contributed by atoms with Gasteiger partial charge in [0.1, 0.15) is 5.71 Å². The van der Waals surface area contributed by atoms with E-state index in [9.17, 15) is 9.59 Å². The van der Waals surface area contributed by atoms with E-state index in [2.05, 4.69) is 27.8 Å². The third-order valence-electron chi connectivity index (χ3n) is 2.66. The predicted octanol–water partition coefficient (Wildman–Crippen LogP) is 0.978. The van der Waals surface area contributed by atoms with Gasteiger partial charge >= 0.3 is 0 Å². The lowest BCUT2D eigenvalue weighted by Gasteiger charge is -2.11. The molecule has 1 aliphatic heterocycles. The van der Waals surface area contributed by atoms with Crippen molar-refractivity contribution in [3.63, 3.8) is 0 Å². The molecule has 2 N–H and O–H groups in total. The third kappa shape index (κ3) is 3.85. The first kappa shape index (κ1) is 13.7. The molecule has 2 heterocycles. The first-order valence-electron chi connectivity index (χ1n) is 6.26. The second-order valence-corrected chi connectivity index (χ2v) is 5.20. The molecule has 0 bridgehead atoms. The van der Waals surface area contributed by atoms with Crippen molar-refractivity contribution in [2.24, 2.45) is 5.10 Å². The summed E-state index contributed by atoms with van der Waals surface area (Å²) in [6.45, 7) is 2.50. The molecule has 0 saturated carbocycles. The number of hydrogen-bond donors (Lipinski definition) is 2. The molecular weight excluding hydrogens is 264 g/mol. The van der Waals surface area contributed by atoms with Crippen LogP contribution in [-0.2, 0) is 22.6 Å². The molecule has 0 atom stereocenters. The van der Waals surface area contributed by atoms with Crippen LogP contribution in [0.2, 0.25) is 0 Å². The Hall–Kier alpha value is -1.76. The molecule has 0 aliphatic carbocycles. The smallest absolute Gasteiger partial charge is 0.267 e. The van der Waals surface area contributed by atoms with E-state index in [1.165, 1.54) is 0 Å². The molecule has 19 heavy (non-hydrogen) atoms. The molecule has 1 aromatic rings. The van der Waals surface area contributed by atoms with Crippen molar-refractivity contribution in [1.29, 1.82) is 0 Å². The number of nitrogens with zero attached hydrogens (tertiary/aromatic N) is 2. The molecule has 0 aromatic carbocycles. The number of hydrogen-bond acceptors (Lipinski definition) is 5. The van der Waals surface area contributed by atoms with Crippen LogP contribution in [-0.4, -0.2) is 22.5 Å². The quantitative estimate of drug-likeness (QED) is 0.843. The number of thiazole rings is 1. The Bertz CT molecular complexity index is 510. The number of aromatic nitrogens is 1. The van der Waals surface area contributed by atoms with E-state index in [0.29, 0.717) is 25.1 Å². The summed E-state index contributed by atoms with van der Waals surface area (Å²) in [6.07, 6.45) is 2.73. The maximum Gasteiger partial charge on any atom is 0.267 e. The predicted molar refractivity (Wildman–Crippen MR) is 72.8 cm³/mol. The van der Waals surface area contributed by atoms with Gasteiger partial charge < -0.3 is 5.32 Å². The Labute approximate surface area is 115 Å². The highest BCUT2D eigenvalue weighted by Crippen LogP contribution is 2.11. The molecule has 0 unspecified atom stereocenters. The highest BCUT2D eigenvalue weighted by atomic mass is 32.1. The number of amides is 2. The van der Waals surface area contributed by atoms with Crippen LogP contribution in [0.15, 0.2) is 10.5 Å². The molecule has 102 valence electrons. The van der Waals surface area contributed by atoms with E-state index in [4.69, 9.17) is 0 Å². The summed E-state index contributed by atoms with van der Waals surface area (Å²) < 4.78 is 0.